The molecule has 48 valence electrons. The summed E-state index contributed by atoms with van der Waals surface area (Å²) in [6, 6.07) is 0. The van der Waals surface area contributed by atoms with Crippen LogP contribution in [0.4, 0.5) is 0 Å². The van der Waals surface area contributed by atoms with Crippen molar-refractivity contribution in [3.05, 3.63) is 11.4 Å². The first kappa shape index (κ1) is 8.17. The van der Waals surface area contributed by atoms with E-state index in [4.69, 9.17) is 0 Å². The third-order valence-electron chi connectivity index (χ3n) is 0.854. The predicted octanol–water partition coefficient (Wildman–Crippen LogP) is 1.59. The van der Waals surface area contributed by atoms with Gasteiger partial charge in [0.25, 0.3) is 0 Å². The van der Waals surface area contributed by atoms with Gasteiger partial charge >= 0.3 is 0 Å². The Morgan fingerprint density at radius 2 is 1.75 bits per heavy atom. The Hall–Kier alpha value is 0.174. The highest BCUT2D eigenvalue weighted by atomic mass is 28.3. The van der Waals surface area contributed by atoms with E-state index in [1.807, 2.05) is 0 Å². The molecule has 0 atom stereocenters. The molecule has 0 spiro atoms. The van der Waals surface area contributed by atoms with Crippen molar-refractivity contribution in [3.63, 3.8) is 0 Å². The van der Waals surface area contributed by atoms with E-state index in [-0.39, 0.29) is 9.52 Å². The SMILES string of the molecule is C[SiH2]C=C[Si](C)(C)C. The van der Waals surface area contributed by atoms with Gasteiger partial charge in [0.05, 0.1) is 8.07 Å². The Bertz CT molecular complexity index is 79.0. The lowest BCUT2D eigenvalue weighted by molar-refractivity contribution is 1.77. The van der Waals surface area contributed by atoms with Crippen LogP contribution in [0.3, 0.4) is 0 Å². The fraction of sp³-hybridized carbons (Fsp3) is 0.667. The Morgan fingerprint density at radius 1 is 1.25 bits per heavy atom. The van der Waals surface area contributed by atoms with Crippen molar-refractivity contribution in [1.82, 2.24) is 0 Å². The van der Waals surface area contributed by atoms with Crippen LogP contribution in [0.25, 0.3) is 0 Å². The molecule has 0 aliphatic rings. The average molecular weight is 144 g/mol. The largest absolute Gasteiger partial charge is 0.109 e. The number of hydrogen-bond acceptors (Lipinski definition) is 0. The smallest absolute Gasteiger partial charge is 0.0677 e. The average Bonchev–Trinajstić information content (AvgIpc) is 1.59. The van der Waals surface area contributed by atoms with Gasteiger partial charge in [-0.05, 0) is 0 Å². The van der Waals surface area contributed by atoms with Crippen LogP contribution in [-0.4, -0.2) is 17.6 Å². The number of rotatable bonds is 2. The summed E-state index contributed by atoms with van der Waals surface area (Å²) >= 11 is 0. The summed E-state index contributed by atoms with van der Waals surface area (Å²) < 4.78 is 0. The first-order chi connectivity index (χ1) is 3.56. The van der Waals surface area contributed by atoms with Crippen LogP contribution in [0.1, 0.15) is 0 Å². The lowest BCUT2D eigenvalue weighted by Crippen LogP contribution is -2.15. The maximum absolute atomic E-state index is 2.44. The van der Waals surface area contributed by atoms with Gasteiger partial charge in [-0.25, -0.2) is 0 Å². The van der Waals surface area contributed by atoms with Crippen molar-refractivity contribution in [3.8, 4) is 0 Å². The van der Waals surface area contributed by atoms with E-state index in [0.29, 0.717) is 0 Å². The minimum Gasteiger partial charge on any atom is -0.109 e. The van der Waals surface area contributed by atoms with Gasteiger partial charge in [0.1, 0.15) is 0 Å². The van der Waals surface area contributed by atoms with Crippen molar-refractivity contribution in [1.29, 1.82) is 0 Å². The topological polar surface area (TPSA) is 0 Å². The van der Waals surface area contributed by atoms with Gasteiger partial charge in [-0.15, -0.1) is 11.4 Å². The molecule has 0 saturated heterocycles. The maximum Gasteiger partial charge on any atom is 0.0677 e. The van der Waals surface area contributed by atoms with E-state index < -0.39 is 8.07 Å². The van der Waals surface area contributed by atoms with Crippen LogP contribution in [0, 0.1) is 0 Å². The standard InChI is InChI=1S/C6H16Si2/c1-7-5-6-8(2,3)4/h5-6H,7H2,1-4H3. The van der Waals surface area contributed by atoms with Crippen LogP contribution in [-0.2, 0) is 0 Å². The minimum atomic E-state index is -0.824. The first-order valence-corrected chi connectivity index (χ1v) is 9.05. The molecule has 0 unspecified atom stereocenters. The van der Waals surface area contributed by atoms with E-state index >= 15 is 0 Å². The molecule has 0 bridgehead atoms. The van der Waals surface area contributed by atoms with Crippen molar-refractivity contribution in [2.45, 2.75) is 26.2 Å². The zero-order chi connectivity index (χ0) is 6.62. The third-order valence-corrected chi connectivity index (χ3v) is 3.27. The molecule has 0 aromatic rings. The third kappa shape index (κ3) is 6.17. The van der Waals surface area contributed by atoms with E-state index in [9.17, 15) is 0 Å². The van der Waals surface area contributed by atoms with Crippen LogP contribution >= 0.6 is 0 Å². The van der Waals surface area contributed by atoms with Crippen molar-refractivity contribution >= 4 is 17.6 Å². The maximum atomic E-state index is 2.44. The molecule has 0 fully saturated rings. The molecule has 0 aliphatic carbocycles. The second kappa shape index (κ2) is 3.25. The fourth-order valence-corrected chi connectivity index (χ4v) is 4.24. The van der Waals surface area contributed by atoms with Gasteiger partial charge in [0.2, 0.25) is 0 Å². The Labute approximate surface area is 55.8 Å². The summed E-state index contributed by atoms with van der Waals surface area (Å²) in [4.78, 5) is 0. The molecular formula is C6H16Si2. The van der Waals surface area contributed by atoms with E-state index in [1.54, 1.807) is 0 Å². The minimum absolute atomic E-state index is 0.188. The highest BCUT2D eigenvalue weighted by Crippen LogP contribution is 2.00. The van der Waals surface area contributed by atoms with Crippen LogP contribution in [0.2, 0.25) is 26.2 Å². The van der Waals surface area contributed by atoms with Gasteiger partial charge in [0.15, 0.2) is 0 Å². The summed E-state index contributed by atoms with van der Waals surface area (Å²) in [5.41, 5.74) is 4.85. The molecular weight excluding hydrogens is 128 g/mol. The monoisotopic (exact) mass is 144 g/mol. The molecule has 0 nitrogen and oxygen atoms in total. The molecule has 0 N–H and O–H groups in total. The molecule has 0 aliphatic heterocycles. The molecule has 0 radical (unpaired) electrons. The molecule has 0 aromatic heterocycles. The molecule has 2 heteroatoms. The second-order valence-electron chi connectivity index (χ2n) is 3.18. The molecule has 0 heterocycles. The zero-order valence-corrected chi connectivity index (χ0v) is 8.78. The van der Waals surface area contributed by atoms with Crippen molar-refractivity contribution in [2.24, 2.45) is 0 Å². The highest BCUT2D eigenvalue weighted by molar-refractivity contribution is 6.81. The zero-order valence-electron chi connectivity index (χ0n) is 6.36. The van der Waals surface area contributed by atoms with Crippen LogP contribution in [0.5, 0.6) is 0 Å². The van der Waals surface area contributed by atoms with Gasteiger partial charge in [-0.3, -0.25) is 0 Å². The molecule has 0 amide bonds. The summed E-state index contributed by atoms with van der Waals surface area (Å²) in [7, 11) is -0.636. The Kier molecular flexibility index (Phi) is 3.32. The van der Waals surface area contributed by atoms with Crippen molar-refractivity contribution in [2.75, 3.05) is 0 Å². The van der Waals surface area contributed by atoms with Gasteiger partial charge < -0.3 is 0 Å². The van der Waals surface area contributed by atoms with E-state index in [1.165, 1.54) is 0 Å². The van der Waals surface area contributed by atoms with Gasteiger partial charge in [-0.1, -0.05) is 26.2 Å². The quantitative estimate of drug-likeness (QED) is 0.516. The van der Waals surface area contributed by atoms with Crippen molar-refractivity contribution < 1.29 is 0 Å². The van der Waals surface area contributed by atoms with Crippen LogP contribution < -0.4 is 0 Å². The van der Waals surface area contributed by atoms with Crippen LogP contribution in [0.15, 0.2) is 11.4 Å². The molecule has 0 saturated carbocycles. The lowest BCUT2D eigenvalue weighted by Gasteiger charge is -2.06. The van der Waals surface area contributed by atoms with E-state index in [2.05, 4.69) is 37.6 Å². The van der Waals surface area contributed by atoms with Gasteiger partial charge in [-0.2, -0.15) is 0 Å². The molecule has 0 rings (SSSR count). The lowest BCUT2D eigenvalue weighted by atomic mass is 11.2. The fourth-order valence-electron chi connectivity index (χ4n) is 0.471. The molecule has 8 heavy (non-hydrogen) atoms. The number of hydrogen-bond donors (Lipinski definition) is 0. The second-order valence-corrected chi connectivity index (χ2v) is 9.53. The summed E-state index contributed by atoms with van der Waals surface area (Å²) in [6.45, 7) is 9.42. The Morgan fingerprint density at radius 3 is 1.88 bits per heavy atom. The summed E-state index contributed by atoms with van der Waals surface area (Å²) in [6.07, 6.45) is 0. The predicted molar refractivity (Wildman–Crippen MR) is 46.9 cm³/mol. The Balaban J connectivity index is 3.52. The van der Waals surface area contributed by atoms with Gasteiger partial charge in [0, 0.05) is 9.52 Å². The summed E-state index contributed by atoms with van der Waals surface area (Å²) in [5, 5.41) is 0. The normalized spacial score (nSPS) is 14.5. The molecule has 0 aromatic carbocycles. The first-order valence-electron chi connectivity index (χ1n) is 3.24. The highest BCUT2D eigenvalue weighted by Gasteiger charge is 2.05. The van der Waals surface area contributed by atoms with E-state index in [0.717, 1.165) is 0 Å². The summed E-state index contributed by atoms with van der Waals surface area (Å²) in [5.74, 6) is 0.